The number of carbonyl (C=O) groups excluding carboxylic acids is 1. The number of ether oxygens (including phenoxy) is 2. The van der Waals surface area contributed by atoms with E-state index in [2.05, 4.69) is 19.4 Å². The third-order valence-corrected chi connectivity index (χ3v) is 1.21. The Hall–Kier alpha value is -1.79. The molecule has 0 amide bonds. The molecule has 82 valence electrons. The Bertz CT molecular complexity index is 329. The molecule has 0 fully saturated rings. The number of rotatable bonds is 4. The highest BCUT2D eigenvalue weighted by Gasteiger charge is 2.05. The van der Waals surface area contributed by atoms with Crippen molar-refractivity contribution >= 4 is 5.97 Å². The van der Waals surface area contributed by atoms with Gasteiger partial charge in [-0.05, 0) is 0 Å². The summed E-state index contributed by atoms with van der Waals surface area (Å²) in [7, 11) is 0. The molecule has 0 aromatic carbocycles. The van der Waals surface area contributed by atoms with E-state index in [1.807, 2.05) is 0 Å². The first-order valence-electron chi connectivity index (χ1n) is 3.99. The largest absolute Gasteiger partial charge is 0.470 e. The Morgan fingerprint density at radius 3 is 2.47 bits per heavy atom. The highest BCUT2D eigenvalue weighted by molar-refractivity contribution is 5.68. The topological polar surface area (TPSA) is 61.3 Å². The number of hydrogen-bond acceptors (Lipinski definition) is 5. The number of nitrogens with zero attached hydrogens (tertiary/aromatic N) is 2. The minimum absolute atomic E-state index is 0.00750. The average molecular weight is 218 g/mol. The third kappa shape index (κ3) is 4.30. The third-order valence-electron chi connectivity index (χ3n) is 1.21. The van der Waals surface area contributed by atoms with E-state index in [0.717, 1.165) is 12.4 Å². The van der Waals surface area contributed by atoms with Gasteiger partial charge in [0.2, 0.25) is 11.8 Å². The van der Waals surface area contributed by atoms with E-state index in [4.69, 9.17) is 0 Å². The van der Waals surface area contributed by atoms with Crippen molar-refractivity contribution in [3.8, 4) is 11.8 Å². The van der Waals surface area contributed by atoms with Crippen LogP contribution in [0.15, 0.2) is 12.4 Å². The van der Waals surface area contributed by atoms with E-state index in [0.29, 0.717) is 0 Å². The number of hydrogen-bond donors (Lipinski definition) is 0. The van der Waals surface area contributed by atoms with Gasteiger partial charge in [0.1, 0.15) is 0 Å². The quantitative estimate of drug-likeness (QED) is 0.707. The number of halogens is 2. The molecule has 7 heteroatoms. The lowest BCUT2D eigenvalue weighted by atomic mass is 10.6. The maximum Gasteiger partial charge on any atom is 0.309 e. The van der Waals surface area contributed by atoms with Crippen molar-refractivity contribution < 1.29 is 23.0 Å². The summed E-state index contributed by atoms with van der Waals surface area (Å²) in [5.41, 5.74) is 0. The summed E-state index contributed by atoms with van der Waals surface area (Å²) < 4.78 is 32.6. The monoisotopic (exact) mass is 218 g/mol. The zero-order chi connectivity index (χ0) is 11.3. The van der Waals surface area contributed by atoms with Crippen LogP contribution in [0.3, 0.4) is 0 Å². The number of aromatic nitrogens is 2. The van der Waals surface area contributed by atoms with E-state index in [1.54, 1.807) is 0 Å². The maximum atomic E-state index is 11.7. The van der Waals surface area contributed by atoms with E-state index in [1.165, 1.54) is 6.92 Å². The molecule has 0 spiro atoms. The molecule has 0 N–H and O–H groups in total. The number of esters is 1. The lowest BCUT2D eigenvalue weighted by Gasteiger charge is -2.04. The van der Waals surface area contributed by atoms with Gasteiger partial charge >= 0.3 is 5.97 Å². The fourth-order valence-electron chi connectivity index (χ4n) is 0.727. The molecule has 1 heterocycles. The summed E-state index contributed by atoms with van der Waals surface area (Å²) in [5.74, 6) is -0.594. The summed E-state index contributed by atoms with van der Waals surface area (Å²) in [5, 5.41) is 0. The molecule has 0 saturated heterocycles. The van der Waals surface area contributed by atoms with Crippen LogP contribution < -0.4 is 9.47 Å². The zero-order valence-electron chi connectivity index (χ0n) is 7.81. The van der Waals surface area contributed by atoms with Crippen molar-refractivity contribution in [3.05, 3.63) is 12.4 Å². The second-order valence-electron chi connectivity index (χ2n) is 2.49. The van der Waals surface area contributed by atoms with E-state index >= 15 is 0 Å². The lowest BCUT2D eigenvalue weighted by Crippen LogP contribution is -2.09. The first-order chi connectivity index (χ1) is 7.08. The summed E-state index contributed by atoms with van der Waals surface area (Å²) in [6.07, 6.45) is -0.358. The van der Waals surface area contributed by atoms with Crippen molar-refractivity contribution in [2.45, 2.75) is 13.3 Å². The van der Waals surface area contributed by atoms with Gasteiger partial charge in [0.15, 0.2) is 6.61 Å². The van der Waals surface area contributed by atoms with Gasteiger partial charge in [-0.15, -0.1) is 0 Å². The van der Waals surface area contributed by atoms with Crippen LogP contribution in [0.2, 0.25) is 0 Å². The van der Waals surface area contributed by atoms with Gasteiger partial charge in [0, 0.05) is 6.92 Å². The van der Waals surface area contributed by atoms with Crippen LogP contribution in [-0.2, 0) is 4.79 Å². The summed E-state index contributed by atoms with van der Waals surface area (Å²) in [6, 6.07) is 0. The molecule has 1 rings (SSSR count). The number of carbonyl (C=O) groups is 1. The van der Waals surface area contributed by atoms with Crippen molar-refractivity contribution in [1.82, 2.24) is 9.97 Å². The van der Waals surface area contributed by atoms with Crippen LogP contribution in [0.4, 0.5) is 8.78 Å². The lowest BCUT2D eigenvalue weighted by molar-refractivity contribution is -0.132. The SMILES string of the molecule is CC(=O)Oc1cnc(OCC(F)F)cn1. The molecule has 1 aromatic rings. The van der Waals surface area contributed by atoms with Crippen LogP contribution in [0.25, 0.3) is 0 Å². The predicted molar refractivity (Wildman–Crippen MR) is 44.8 cm³/mol. The second-order valence-corrected chi connectivity index (χ2v) is 2.49. The molecule has 5 nitrogen and oxygen atoms in total. The summed E-state index contributed by atoms with van der Waals surface area (Å²) in [4.78, 5) is 17.7. The van der Waals surface area contributed by atoms with Crippen LogP contribution in [-0.4, -0.2) is 29.0 Å². The minimum Gasteiger partial charge on any atom is -0.470 e. The van der Waals surface area contributed by atoms with Crippen LogP contribution in [0.5, 0.6) is 11.8 Å². The zero-order valence-corrected chi connectivity index (χ0v) is 7.81. The van der Waals surface area contributed by atoms with Gasteiger partial charge < -0.3 is 9.47 Å². The van der Waals surface area contributed by atoms with Crippen molar-refractivity contribution in [2.24, 2.45) is 0 Å². The standard InChI is InChI=1S/C8H8F2N2O3/c1-5(13)15-8-3-11-7(2-12-8)14-4-6(9)10/h2-3,6H,4H2,1H3. The highest BCUT2D eigenvalue weighted by Crippen LogP contribution is 2.10. The fourth-order valence-corrected chi connectivity index (χ4v) is 0.727. The number of alkyl halides is 2. The van der Waals surface area contributed by atoms with Crippen molar-refractivity contribution in [3.63, 3.8) is 0 Å². The molecular formula is C8H8F2N2O3. The molecule has 0 bridgehead atoms. The normalized spacial score (nSPS) is 10.1. The van der Waals surface area contributed by atoms with Crippen molar-refractivity contribution in [2.75, 3.05) is 6.61 Å². The van der Waals surface area contributed by atoms with Gasteiger partial charge in [-0.2, -0.15) is 0 Å². The highest BCUT2D eigenvalue weighted by atomic mass is 19.3. The summed E-state index contributed by atoms with van der Waals surface area (Å²) >= 11 is 0. The molecular weight excluding hydrogens is 210 g/mol. The Morgan fingerprint density at radius 2 is 2.00 bits per heavy atom. The Morgan fingerprint density at radius 1 is 1.40 bits per heavy atom. The van der Waals surface area contributed by atoms with Gasteiger partial charge in [-0.25, -0.2) is 18.7 Å². The minimum atomic E-state index is -2.57. The average Bonchev–Trinajstić information content (AvgIpc) is 2.16. The first kappa shape index (κ1) is 11.3. The molecule has 1 aromatic heterocycles. The smallest absolute Gasteiger partial charge is 0.309 e. The van der Waals surface area contributed by atoms with Crippen LogP contribution in [0.1, 0.15) is 6.92 Å². The second kappa shape index (κ2) is 5.18. The molecule has 0 aliphatic rings. The van der Waals surface area contributed by atoms with Gasteiger partial charge in [0.05, 0.1) is 12.4 Å². The molecule has 0 radical (unpaired) electrons. The van der Waals surface area contributed by atoms with Gasteiger partial charge in [-0.1, -0.05) is 0 Å². The van der Waals surface area contributed by atoms with Gasteiger partial charge in [0.25, 0.3) is 6.43 Å². The molecule has 0 aliphatic carbocycles. The Balaban J connectivity index is 2.52. The van der Waals surface area contributed by atoms with Crippen LogP contribution >= 0.6 is 0 Å². The van der Waals surface area contributed by atoms with E-state index in [9.17, 15) is 13.6 Å². The molecule has 15 heavy (non-hydrogen) atoms. The first-order valence-corrected chi connectivity index (χ1v) is 3.99. The molecule has 0 unspecified atom stereocenters. The summed E-state index contributed by atoms with van der Waals surface area (Å²) in [6.45, 7) is 0.463. The van der Waals surface area contributed by atoms with Gasteiger partial charge in [-0.3, -0.25) is 4.79 Å². The van der Waals surface area contributed by atoms with E-state index in [-0.39, 0.29) is 11.8 Å². The van der Waals surface area contributed by atoms with E-state index < -0.39 is 19.0 Å². The molecule has 0 aliphatic heterocycles. The van der Waals surface area contributed by atoms with Crippen molar-refractivity contribution in [1.29, 1.82) is 0 Å². The van der Waals surface area contributed by atoms with Crippen LogP contribution in [0, 0.1) is 0 Å². The Kier molecular flexibility index (Phi) is 3.90. The molecule has 0 saturated carbocycles. The fraction of sp³-hybridized carbons (Fsp3) is 0.375. The maximum absolute atomic E-state index is 11.7. The Labute approximate surface area is 84.1 Å². The predicted octanol–water partition coefficient (Wildman–Crippen LogP) is 1.05. The molecule has 0 atom stereocenters.